The van der Waals surface area contributed by atoms with E-state index in [1.165, 1.54) is 12.1 Å². The number of hydrogen-bond donors (Lipinski definition) is 1. The highest BCUT2D eigenvalue weighted by molar-refractivity contribution is 9.10. The van der Waals surface area contributed by atoms with E-state index in [1.807, 2.05) is 30.3 Å². The van der Waals surface area contributed by atoms with Gasteiger partial charge >= 0.3 is 6.03 Å². The van der Waals surface area contributed by atoms with E-state index >= 15 is 0 Å². The number of anilines is 1. The normalized spacial score (nSPS) is 14.8. The van der Waals surface area contributed by atoms with E-state index in [1.54, 1.807) is 23.2 Å². The molecule has 0 aliphatic carbocycles. The average molecular weight is 404 g/mol. The van der Waals surface area contributed by atoms with Crippen molar-refractivity contribution in [1.82, 2.24) is 10.2 Å². The van der Waals surface area contributed by atoms with Crippen molar-refractivity contribution in [2.75, 3.05) is 31.1 Å². The van der Waals surface area contributed by atoms with Crippen molar-refractivity contribution in [2.45, 2.75) is 0 Å². The molecule has 1 N–H and O–H groups in total. The van der Waals surface area contributed by atoms with Gasteiger partial charge in [-0.15, -0.1) is 0 Å². The Bertz CT molecular complexity index is 756. The highest BCUT2D eigenvalue weighted by Crippen LogP contribution is 2.18. The molecule has 0 bridgehead atoms. The molecule has 1 aliphatic heterocycles. The molecule has 1 saturated heterocycles. The lowest BCUT2D eigenvalue weighted by molar-refractivity contribution is 0.198. The first-order valence-electron chi connectivity index (χ1n) is 8.10. The average Bonchev–Trinajstić information content (AvgIpc) is 2.64. The lowest BCUT2D eigenvalue weighted by atomic mass is 10.2. The Morgan fingerprint density at radius 3 is 2.40 bits per heavy atom. The number of urea groups is 1. The Labute approximate surface area is 155 Å². The number of piperazine rings is 1. The molecule has 0 spiro atoms. The summed E-state index contributed by atoms with van der Waals surface area (Å²) in [5.74, 6) is -0.237. The molecule has 1 fully saturated rings. The molecular weight excluding hydrogens is 385 g/mol. The van der Waals surface area contributed by atoms with Gasteiger partial charge in [-0.25, -0.2) is 9.18 Å². The van der Waals surface area contributed by atoms with E-state index in [-0.39, 0.29) is 11.8 Å². The second kappa shape index (κ2) is 8.16. The number of nitrogens with zero attached hydrogens (tertiary/aromatic N) is 2. The quantitative estimate of drug-likeness (QED) is 0.837. The van der Waals surface area contributed by atoms with Crippen LogP contribution in [-0.4, -0.2) is 37.1 Å². The molecule has 25 heavy (non-hydrogen) atoms. The Balaban J connectivity index is 1.50. The molecule has 2 aromatic carbocycles. The van der Waals surface area contributed by atoms with E-state index in [4.69, 9.17) is 0 Å². The van der Waals surface area contributed by atoms with E-state index < -0.39 is 0 Å². The summed E-state index contributed by atoms with van der Waals surface area (Å²) in [6.07, 6.45) is 3.52. The standard InChI is InChI=1S/C19H19BrFN3O/c20-18-4-2-1-3-15(18)9-10-22-19(25)24-13-11-23(12-14-24)17-7-5-16(21)6-8-17/h1-10H,11-14H2,(H,22,25)/b10-9+. The van der Waals surface area contributed by atoms with Crippen LogP contribution in [0, 0.1) is 5.82 Å². The lowest BCUT2D eigenvalue weighted by Gasteiger charge is -2.35. The number of carbonyl (C=O) groups excluding carboxylic acids is 1. The second-order valence-corrected chi connectivity index (χ2v) is 6.61. The molecule has 4 nitrogen and oxygen atoms in total. The number of rotatable bonds is 3. The summed E-state index contributed by atoms with van der Waals surface area (Å²) in [5, 5.41) is 2.81. The van der Waals surface area contributed by atoms with Crippen LogP contribution in [0.2, 0.25) is 0 Å². The summed E-state index contributed by atoms with van der Waals surface area (Å²) in [6, 6.07) is 14.2. The first-order valence-corrected chi connectivity index (χ1v) is 8.90. The molecule has 1 aliphatic rings. The topological polar surface area (TPSA) is 35.6 Å². The highest BCUT2D eigenvalue weighted by Gasteiger charge is 2.20. The van der Waals surface area contributed by atoms with Crippen LogP contribution < -0.4 is 10.2 Å². The molecule has 0 aromatic heterocycles. The molecule has 2 aromatic rings. The predicted octanol–water partition coefficient (Wildman–Crippen LogP) is 4.09. The van der Waals surface area contributed by atoms with Gasteiger partial charge in [0.05, 0.1) is 0 Å². The van der Waals surface area contributed by atoms with E-state index in [0.29, 0.717) is 13.1 Å². The first kappa shape index (κ1) is 17.5. The summed E-state index contributed by atoms with van der Waals surface area (Å²) in [7, 11) is 0. The third-order valence-electron chi connectivity index (χ3n) is 4.13. The van der Waals surface area contributed by atoms with Gasteiger partial charge in [0.25, 0.3) is 0 Å². The third kappa shape index (κ3) is 4.60. The third-order valence-corrected chi connectivity index (χ3v) is 4.86. The predicted molar refractivity (Wildman–Crippen MR) is 102 cm³/mol. The maximum Gasteiger partial charge on any atom is 0.321 e. The van der Waals surface area contributed by atoms with Gasteiger partial charge in [-0.1, -0.05) is 34.1 Å². The minimum absolute atomic E-state index is 0.109. The van der Waals surface area contributed by atoms with Crippen molar-refractivity contribution in [1.29, 1.82) is 0 Å². The second-order valence-electron chi connectivity index (χ2n) is 5.75. The Hall–Kier alpha value is -2.34. The number of amides is 2. The van der Waals surface area contributed by atoms with Crippen LogP contribution in [0.15, 0.2) is 59.2 Å². The van der Waals surface area contributed by atoms with Crippen molar-refractivity contribution in [3.05, 3.63) is 70.6 Å². The maximum absolute atomic E-state index is 13.0. The van der Waals surface area contributed by atoms with E-state index in [0.717, 1.165) is 28.8 Å². The molecule has 2 amide bonds. The molecule has 130 valence electrons. The molecule has 0 radical (unpaired) electrons. The highest BCUT2D eigenvalue weighted by atomic mass is 79.9. The van der Waals surface area contributed by atoms with Crippen LogP contribution in [0.5, 0.6) is 0 Å². The summed E-state index contributed by atoms with van der Waals surface area (Å²) < 4.78 is 14.0. The van der Waals surface area contributed by atoms with Gasteiger partial charge in [-0.2, -0.15) is 0 Å². The number of carbonyl (C=O) groups is 1. The van der Waals surface area contributed by atoms with Crippen molar-refractivity contribution >= 4 is 33.7 Å². The van der Waals surface area contributed by atoms with Crippen molar-refractivity contribution < 1.29 is 9.18 Å². The SMILES string of the molecule is O=C(N/C=C/c1ccccc1Br)N1CCN(c2ccc(F)cc2)CC1. The molecule has 6 heteroatoms. The summed E-state index contributed by atoms with van der Waals surface area (Å²) in [4.78, 5) is 16.2. The Morgan fingerprint density at radius 2 is 1.72 bits per heavy atom. The largest absolute Gasteiger partial charge is 0.368 e. The maximum atomic E-state index is 13.0. The Kier molecular flexibility index (Phi) is 5.71. The van der Waals surface area contributed by atoms with Crippen LogP contribution in [0.4, 0.5) is 14.9 Å². The molecule has 0 unspecified atom stereocenters. The monoisotopic (exact) mass is 403 g/mol. The van der Waals surface area contributed by atoms with Gasteiger partial charge in [0, 0.05) is 42.5 Å². The van der Waals surface area contributed by atoms with Crippen molar-refractivity contribution in [3.63, 3.8) is 0 Å². The van der Waals surface area contributed by atoms with Gasteiger partial charge in [-0.05, 0) is 42.0 Å². The van der Waals surface area contributed by atoms with Crippen LogP contribution >= 0.6 is 15.9 Å². The van der Waals surface area contributed by atoms with Crippen molar-refractivity contribution in [2.24, 2.45) is 0 Å². The van der Waals surface area contributed by atoms with Crippen LogP contribution in [-0.2, 0) is 0 Å². The van der Waals surface area contributed by atoms with Gasteiger partial charge in [-0.3, -0.25) is 0 Å². The van der Waals surface area contributed by atoms with Gasteiger partial charge in [0.2, 0.25) is 0 Å². The molecule has 0 saturated carbocycles. The minimum Gasteiger partial charge on any atom is -0.368 e. The van der Waals surface area contributed by atoms with Crippen LogP contribution in [0.3, 0.4) is 0 Å². The smallest absolute Gasteiger partial charge is 0.321 e. The molecule has 0 atom stereocenters. The minimum atomic E-state index is -0.237. The van der Waals surface area contributed by atoms with E-state index in [9.17, 15) is 9.18 Å². The number of halogens is 2. The first-order chi connectivity index (χ1) is 12.1. The fraction of sp³-hybridized carbons (Fsp3) is 0.211. The van der Waals surface area contributed by atoms with Gasteiger partial charge < -0.3 is 15.1 Å². The zero-order chi connectivity index (χ0) is 17.6. The number of hydrogen-bond acceptors (Lipinski definition) is 2. The number of nitrogens with one attached hydrogen (secondary N) is 1. The summed E-state index contributed by atoms with van der Waals surface area (Å²) >= 11 is 3.47. The zero-order valence-electron chi connectivity index (χ0n) is 13.7. The van der Waals surface area contributed by atoms with E-state index in [2.05, 4.69) is 26.1 Å². The lowest BCUT2D eigenvalue weighted by Crippen LogP contribution is -2.51. The summed E-state index contributed by atoms with van der Waals surface area (Å²) in [6.45, 7) is 2.72. The van der Waals surface area contributed by atoms with Crippen molar-refractivity contribution in [3.8, 4) is 0 Å². The molecule has 1 heterocycles. The number of benzene rings is 2. The van der Waals surface area contributed by atoms with Crippen LogP contribution in [0.1, 0.15) is 5.56 Å². The fourth-order valence-electron chi connectivity index (χ4n) is 2.72. The van der Waals surface area contributed by atoms with Crippen LogP contribution in [0.25, 0.3) is 6.08 Å². The summed E-state index contributed by atoms with van der Waals surface area (Å²) in [5.41, 5.74) is 1.99. The van der Waals surface area contributed by atoms with Gasteiger partial charge in [0.15, 0.2) is 0 Å². The van der Waals surface area contributed by atoms with Gasteiger partial charge in [0.1, 0.15) is 5.82 Å². The Morgan fingerprint density at radius 1 is 1.04 bits per heavy atom. The zero-order valence-corrected chi connectivity index (χ0v) is 15.2. The molecular formula is C19H19BrFN3O. The fourth-order valence-corrected chi connectivity index (χ4v) is 3.14. The molecule has 3 rings (SSSR count).